The minimum atomic E-state index is -0.239. The van der Waals surface area contributed by atoms with Crippen LogP contribution in [0.15, 0.2) is 67.3 Å². The predicted molar refractivity (Wildman–Crippen MR) is 132 cm³/mol. The molecule has 1 N–H and O–H groups in total. The topological polar surface area (TPSA) is 91.0 Å². The van der Waals surface area contributed by atoms with E-state index in [-0.39, 0.29) is 11.9 Å². The fourth-order valence-corrected chi connectivity index (χ4v) is 4.01. The molecule has 0 aliphatic carbocycles. The lowest BCUT2D eigenvalue weighted by atomic mass is 10.1. The van der Waals surface area contributed by atoms with Gasteiger partial charge in [-0.15, -0.1) is 0 Å². The quantitative estimate of drug-likeness (QED) is 0.375. The summed E-state index contributed by atoms with van der Waals surface area (Å²) in [5.74, 6) is -0.372. The van der Waals surface area contributed by atoms with Crippen molar-refractivity contribution >= 4 is 11.9 Å². The van der Waals surface area contributed by atoms with E-state index in [1.165, 1.54) is 12.7 Å². The van der Waals surface area contributed by atoms with E-state index in [1.807, 2.05) is 53.6 Å². The third-order valence-electron chi connectivity index (χ3n) is 6.02. The van der Waals surface area contributed by atoms with Crippen LogP contribution >= 0.6 is 0 Å². The zero-order valence-corrected chi connectivity index (χ0v) is 20.2. The van der Waals surface area contributed by atoms with E-state index >= 15 is 0 Å². The largest absolute Gasteiger partial charge is 0.469 e. The Hall–Kier alpha value is -4.20. The third-order valence-corrected chi connectivity index (χ3v) is 6.02. The van der Waals surface area contributed by atoms with Crippen LogP contribution in [0.25, 0.3) is 5.69 Å². The number of imidazole rings is 1. The number of carbonyl (C=O) groups is 2. The second kappa shape index (κ2) is 10.8. The maximum absolute atomic E-state index is 12.7. The van der Waals surface area contributed by atoms with Crippen molar-refractivity contribution in [3.8, 4) is 5.69 Å². The SMILES string of the molecule is COC(=O)CCc1c(C)nn(-c2ccc(C(=O)NCc3ccc(Cn4ccnc4)cc3)cc2)c1C. The normalized spacial score (nSPS) is 10.8. The van der Waals surface area contributed by atoms with Gasteiger partial charge in [0.05, 0.1) is 24.8 Å². The Morgan fingerprint density at radius 3 is 2.37 bits per heavy atom. The number of aromatic nitrogens is 4. The summed E-state index contributed by atoms with van der Waals surface area (Å²) in [5, 5.41) is 7.60. The highest BCUT2D eigenvalue weighted by Gasteiger charge is 2.15. The van der Waals surface area contributed by atoms with Crippen molar-refractivity contribution in [1.82, 2.24) is 24.6 Å². The van der Waals surface area contributed by atoms with Gasteiger partial charge >= 0.3 is 5.97 Å². The van der Waals surface area contributed by atoms with E-state index in [1.54, 1.807) is 24.7 Å². The Bertz CT molecular complexity index is 1290. The Balaban J connectivity index is 1.35. The molecule has 8 nitrogen and oxygen atoms in total. The molecule has 0 fully saturated rings. The first-order chi connectivity index (χ1) is 16.9. The van der Waals surface area contributed by atoms with Crippen molar-refractivity contribution in [3.63, 3.8) is 0 Å². The van der Waals surface area contributed by atoms with Crippen LogP contribution in [0, 0.1) is 13.8 Å². The van der Waals surface area contributed by atoms with E-state index in [2.05, 4.69) is 27.5 Å². The van der Waals surface area contributed by atoms with Crippen molar-refractivity contribution < 1.29 is 14.3 Å². The molecule has 180 valence electrons. The van der Waals surface area contributed by atoms with Crippen molar-refractivity contribution in [1.29, 1.82) is 0 Å². The molecule has 1 amide bonds. The van der Waals surface area contributed by atoms with Crippen LogP contribution < -0.4 is 5.32 Å². The van der Waals surface area contributed by atoms with Crippen LogP contribution in [0.2, 0.25) is 0 Å². The fourth-order valence-electron chi connectivity index (χ4n) is 4.01. The molecular weight excluding hydrogens is 442 g/mol. The molecule has 0 aliphatic rings. The summed E-state index contributed by atoms with van der Waals surface area (Å²) in [4.78, 5) is 28.2. The lowest BCUT2D eigenvalue weighted by molar-refractivity contribution is -0.140. The van der Waals surface area contributed by atoms with Crippen LogP contribution in [0.5, 0.6) is 0 Å². The zero-order valence-electron chi connectivity index (χ0n) is 20.2. The molecule has 0 aliphatic heterocycles. The lowest BCUT2D eigenvalue weighted by Gasteiger charge is -2.09. The molecule has 4 rings (SSSR count). The number of carbonyl (C=O) groups excluding carboxylic acids is 2. The van der Waals surface area contributed by atoms with E-state index in [0.717, 1.165) is 34.7 Å². The first-order valence-corrected chi connectivity index (χ1v) is 11.5. The van der Waals surface area contributed by atoms with Crippen LogP contribution in [0.4, 0.5) is 0 Å². The first-order valence-electron chi connectivity index (χ1n) is 11.5. The number of esters is 1. The first kappa shape index (κ1) is 23.9. The minimum absolute atomic E-state index is 0.133. The number of nitrogens with one attached hydrogen (secondary N) is 1. The van der Waals surface area contributed by atoms with Crippen molar-refractivity contribution in [2.24, 2.45) is 0 Å². The van der Waals surface area contributed by atoms with Gasteiger partial charge in [-0.2, -0.15) is 5.10 Å². The summed E-state index contributed by atoms with van der Waals surface area (Å²) in [6, 6.07) is 15.5. The Morgan fingerprint density at radius 2 is 1.71 bits per heavy atom. The molecule has 0 saturated heterocycles. The van der Waals surface area contributed by atoms with Crippen LogP contribution in [0.3, 0.4) is 0 Å². The molecule has 0 saturated carbocycles. The second-order valence-electron chi connectivity index (χ2n) is 8.42. The highest BCUT2D eigenvalue weighted by molar-refractivity contribution is 5.94. The lowest BCUT2D eigenvalue weighted by Crippen LogP contribution is -2.22. The number of aryl methyl sites for hydroxylation is 1. The number of hydrogen-bond donors (Lipinski definition) is 1. The van der Waals surface area contributed by atoms with Crippen molar-refractivity contribution in [2.75, 3.05) is 7.11 Å². The monoisotopic (exact) mass is 471 g/mol. The summed E-state index contributed by atoms with van der Waals surface area (Å²) >= 11 is 0. The number of amides is 1. The summed E-state index contributed by atoms with van der Waals surface area (Å²) in [6.07, 6.45) is 6.38. The molecule has 0 unspecified atom stereocenters. The molecule has 2 aromatic heterocycles. The number of ether oxygens (including phenoxy) is 1. The predicted octanol–water partition coefficient (Wildman–Crippen LogP) is 3.77. The van der Waals surface area contributed by atoms with Gasteiger partial charge in [0.25, 0.3) is 5.91 Å². The Morgan fingerprint density at radius 1 is 1.00 bits per heavy atom. The molecule has 4 aromatic rings. The molecule has 0 radical (unpaired) electrons. The van der Waals surface area contributed by atoms with Gasteiger partial charge in [0, 0.05) is 43.2 Å². The molecule has 2 aromatic carbocycles. The average Bonchev–Trinajstić information content (AvgIpc) is 3.49. The maximum Gasteiger partial charge on any atom is 0.305 e. The molecule has 35 heavy (non-hydrogen) atoms. The van der Waals surface area contributed by atoms with E-state index in [0.29, 0.717) is 24.9 Å². The minimum Gasteiger partial charge on any atom is -0.469 e. The van der Waals surface area contributed by atoms with Gasteiger partial charge in [-0.3, -0.25) is 9.59 Å². The molecule has 0 bridgehead atoms. The summed E-state index contributed by atoms with van der Waals surface area (Å²) < 4.78 is 8.60. The highest BCUT2D eigenvalue weighted by atomic mass is 16.5. The van der Waals surface area contributed by atoms with Gasteiger partial charge in [-0.05, 0) is 61.2 Å². The van der Waals surface area contributed by atoms with Crippen molar-refractivity contribution in [3.05, 3.63) is 101 Å². The fraction of sp³-hybridized carbons (Fsp3) is 0.259. The smallest absolute Gasteiger partial charge is 0.305 e. The summed E-state index contributed by atoms with van der Waals surface area (Å²) in [6.45, 7) is 5.13. The number of methoxy groups -OCH3 is 1. The van der Waals surface area contributed by atoms with E-state index in [9.17, 15) is 9.59 Å². The molecular formula is C27H29N5O3. The van der Waals surface area contributed by atoms with Gasteiger partial charge in [0.2, 0.25) is 0 Å². The number of hydrogen-bond acceptors (Lipinski definition) is 5. The molecule has 0 spiro atoms. The Kier molecular flexibility index (Phi) is 7.40. The zero-order chi connectivity index (χ0) is 24.8. The van der Waals surface area contributed by atoms with Crippen molar-refractivity contribution in [2.45, 2.75) is 39.8 Å². The van der Waals surface area contributed by atoms with Gasteiger partial charge in [0.1, 0.15) is 0 Å². The van der Waals surface area contributed by atoms with Crippen LogP contribution in [-0.4, -0.2) is 38.3 Å². The Labute approximate surface area is 204 Å². The third kappa shape index (κ3) is 5.84. The molecule has 2 heterocycles. The van der Waals surface area contributed by atoms with Gasteiger partial charge in [-0.25, -0.2) is 9.67 Å². The molecule has 8 heteroatoms. The van der Waals surface area contributed by atoms with Gasteiger partial charge < -0.3 is 14.6 Å². The summed E-state index contributed by atoms with van der Waals surface area (Å²) in [7, 11) is 1.39. The number of nitrogens with zero attached hydrogens (tertiary/aromatic N) is 4. The van der Waals surface area contributed by atoms with Crippen LogP contribution in [-0.2, 0) is 29.0 Å². The number of rotatable bonds is 9. The van der Waals surface area contributed by atoms with E-state index < -0.39 is 0 Å². The average molecular weight is 472 g/mol. The van der Waals surface area contributed by atoms with Gasteiger partial charge in [-0.1, -0.05) is 24.3 Å². The maximum atomic E-state index is 12.7. The van der Waals surface area contributed by atoms with Crippen LogP contribution in [0.1, 0.15) is 44.9 Å². The van der Waals surface area contributed by atoms with Gasteiger partial charge in [0.15, 0.2) is 0 Å². The van der Waals surface area contributed by atoms with E-state index in [4.69, 9.17) is 4.74 Å². The molecule has 0 atom stereocenters. The summed E-state index contributed by atoms with van der Waals surface area (Å²) in [5.41, 5.74) is 6.54. The second-order valence-corrected chi connectivity index (χ2v) is 8.42. The highest BCUT2D eigenvalue weighted by Crippen LogP contribution is 2.20. The standard InChI is InChI=1S/C27H29N5O3/c1-19-25(12-13-26(33)35-3)20(2)32(30-19)24-10-8-23(9-11-24)27(34)29-16-21-4-6-22(7-5-21)17-31-15-14-28-18-31/h4-11,14-15,18H,12-13,16-17H2,1-3H3,(H,29,34). The number of benzene rings is 2.